The lowest BCUT2D eigenvalue weighted by Gasteiger charge is -2.37. The second-order valence-electron chi connectivity index (χ2n) is 8.68. The van der Waals surface area contributed by atoms with E-state index in [9.17, 15) is 14.7 Å². The fourth-order valence-electron chi connectivity index (χ4n) is 4.70. The van der Waals surface area contributed by atoms with Crippen LogP contribution in [0.5, 0.6) is 5.75 Å². The van der Waals surface area contributed by atoms with Crippen molar-refractivity contribution in [2.45, 2.75) is 39.3 Å². The SMILES string of the molecule is CCOC(=O)C1CCN(C(c2ccccn2)c2c(O)cc(C)n(Cc3ccccc3)c2=O)CC1. The fraction of sp³-hybridized carbons (Fsp3) is 0.370. The van der Waals surface area contributed by atoms with Crippen LogP contribution >= 0.6 is 0 Å². The van der Waals surface area contributed by atoms with Crippen LogP contribution in [-0.4, -0.2) is 45.2 Å². The molecule has 178 valence electrons. The Morgan fingerprint density at radius 2 is 1.85 bits per heavy atom. The van der Waals surface area contributed by atoms with Crippen molar-refractivity contribution in [1.29, 1.82) is 0 Å². The van der Waals surface area contributed by atoms with E-state index in [0.29, 0.717) is 56.0 Å². The molecule has 0 bridgehead atoms. The molecule has 0 aliphatic carbocycles. The van der Waals surface area contributed by atoms with Crippen LogP contribution in [0.25, 0.3) is 0 Å². The molecule has 3 aromatic rings. The first-order valence-corrected chi connectivity index (χ1v) is 11.8. The molecule has 1 fully saturated rings. The number of pyridine rings is 2. The Bertz CT molecular complexity index is 1170. The topological polar surface area (TPSA) is 84.7 Å². The Morgan fingerprint density at radius 3 is 2.50 bits per heavy atom. The van der Waals surface area contributed by atoms with Crippen molar-refractivity contribution in [3.8, 4) is 5.75 Å². The molecule has 7 heteroatoms. The molecule has 0 radical (unpaired) electrons. The van der Waals surface area contributed by atoms with Gasteiger partial charge in [0.1, 0.15) is 5.75 Å². The molecule has 7 nitrogen and oxygen atoms in total. The highest BCUT2D eigenvalue weighted by atomic mass is 16.5. The monoisotopic (exact) mass is 461 g/mol. The number of benzene rings is 1. The standard InChI is InChI=1S/C27H31N3O4/c1-3-34-27(33)21-12-15-29(16-13-21)25(22-11-7-8-14-28-22)24-23(31)17-19(2)30(26(24)32)18-20-9-5-4-6-10-20/h4-11,14,17,21,25,31H,3,12-13,15-16,18H2,1-2H3. The van der Waals surface area contributed by atoms with Gasteiger partial charge in [-0.05, 0) is 63.5 Å². The number of carbonyl (C=O) groups excluding carboxylic acids is 1. The number of hydrogen-bond acceptors (Lipinski definition) is 6. The van der Waals surface area contributed by atoms with Crippen molar-refractivity contribution >= 4 is 5.97 Å². The summed E-state index contributed by atoms with van der Waals surface area (Å²) in [5.41, 5.74) is 2.48. The van der Waals surface area contributed by atoms with Gasteiger partial charge in [0, 0.05) is 11.9 Å². The lowest BCUT2D eigenvalue weighted by molar-refractivity contribution is -0.149. The summed E-state index contributed by atoms with van der Waals surface area (Å²) in [6.07, 6.45) is 2.96. The highest BCUT2D eigenvalue weighted by Gasteiger charge is 2.34. The molecule has 1 unspecified atom stereocenters. The lowest BCUT2D eigenvalue weighted by Crippen LogP contribution is -2.42. The normalized spacial score (nSPS) is 15.7. The number of rotatable bonds is 7. The molecule has 0 spiro atoms. The Hall–Kier alpha value is -3.45. The van der Waals surface area contributed by atoms with Crippen molar-refractivity contribution in [2.75, 3.05) is 19.7 Å². The van der Waals surface area contributed by atoms with E-state index in [2.05, 4.69) is 9.88 Å². The Morgan fingerprint density at radius 1 is 1.15 bits per heavy atom. The minimum Gasteiger partial charge on any atom is -0.507 e. The molecule has 1 atom stereocenters. The second-order valence-corrected chi connectivity index (χ2v) is 8.68. The van der Waals surface area contributed by atoms with E-state index < -0.39 is 6.04 Å². The van der Waals surface area contributed by atoms with Crippen LogP contribution < -0.4 is 5.56 Å². The second kappa shape index (κ2) is 10.7. The van der Waals surface area contributed by atoms with Gasteiger partial charge >= 0.3 is 5.97 Å². The lowest BCUT2D eigenvalue weighted by atomic mass is 9.93. The summed E-state index contributed by atoms with van der Waals surface area (Å²) in [7, 11) is 0. The zero-order valence-corrected chi connectivity index (χ0v) is 19.7. The molecule has 0 saturated carbocycles. The van der Waals surface area contributed by atoms with Crippen LogP contribution in [0.4, 0.5) is 0 Å². The van der Waals surface area contributed by atoms with Crippen molar-refractivity contribution in [3.05, 3.63) is 93.7 Å². The fourth-order valence-corrected chi connectivity index (χ4v) is 4.70. The van der Waals surface area contributed by atoms with Crippen LogP contribution in [0.1, 0.15) is 48.3 Å². The van der Waals surface area contributed by atoms with Crippen LogP contribution in [-0.2, 0) is 16.1 Å². The summed E-state index contributed by atoms with van der Waals surface area (Å²) in [6.45, 7) is 5.61. The summed E-state index contributed by atoms with van der Waals surface area (Å²) < 4.78 is 6.91. The molecular formula is C27H31N3O4. The Kier molecular flexibility index (Phi) is 7.43. The van der Waals surface area contributed by atoms with Gasteiger partial charge in [-0.25, -0.2) is 0 Å². The van der Waals surface area contributed by atoms with Crippen LogP contribution in [0.2, 0.25) is 0 Å². The van der Waals surface area contributed by atoms with Crippen LogP contribution in [0, 0.1) is 12.8 Å². The maximum absolute atomic E-state index is 13.8. The predicted octanol–water partition coefficient (Wildman–Crippen LogP) is 3.67. The summed E-state index contributed by atoms with van der Waals surface area (Å²) in [4.78, 5) is 32.7. The number of hydrogen-bond donors (Lipinski definition) is 1. The summed E-state index contributed by atoms with van der Waals surface area (Å²) >= 11 is 0. The van der Waals surface area contributed by atoms with Gasteiger partial charge in [0.25, 0.3) is 5.56 Å². The van der Waals surface area contributed by atoms with Crippen molar-refractivity contribution < 1.29 is 14.6 Å². The molecule has 2 aromatic heterocycles. The number of aromatic hydroxyl groups is 1. The molecule has 0 amide bonds. The number of carbonyl (C=O) groups is 1. The third-order valence-electron chi connectivity index (χ3n) is 6.46. The molecule has 1 aromatic carbocycles. The minimum absolute atomic E-state index is 0.0324. The zero-order chi connectivity index (χ0) is 24.1. The number of esters is 1. The van der Waals surface area contributed by atoms with E-state index in [1.807, 2.05) is 62.4 Å². The molecule has 1 aliphatic heterocycles. The maximum Gasteiger partial charge on any atom is 0.309 e. The van der Waals surface area contributed by atoms with E-state index in [-0.39, 0.29) is 23.2 Å². The number of aryl methyl sites for hydroxylation is 1. The van der Waals surface area contributed by atoms with Gasteiger partial charge in [-0.15, -0.1) is 0 Å². The van der Waals surface area contributed by atoms with Gasteiger partial charge < -0.3 is 14.4 Å². The van der Waals surface area contributed by atoms with E-state index in [4.69, 9.17) is 4.74 Å². The van der Waals surface area contributed by atoms with Gasteiger partial charge in [0.15, 0.2) is 0 Å². The Balaban J connectivity index is 1.72. The smallest absolute Gasteiger partial charge is 0.309 e. The van der Waals surface area contributed by atoms with Gasteiger partial charge in [-0.2, -0.15) is 0 Å². The minimum atomic E-state index is -0.514. The molecule has 1 aliphatic rings. The number of aromatic nitrogens is 2. The van der Waals surface area contributed by atoms with E-state index >= 15 is 0 Å². The van der Waals surface area contributed by atoms with Crippen molar-refractivity contribution in [2.24, 2.45) is 5.92 Å². The predicted molar refractivity (Wildman–Crippen MR) is 130 cm³/mol. The summed E-state index contributed by atoms with van der Waals surface area (Å²) in [5, 5.41) is 11.0. The zero-order valence-electron chi connectivity index (χ0n) is 19.7. The van der Waals surface area contributed by atoms with Gasteiger partial charge in [-0.1, -0.05) is 36.4 Å². The number of likely N-dealkylation sites (tertiary alicyclic amines) is 1. The highest BCUT2D eigenvalue weighted by Crippen LogP contribution is 2.34. The third-order valence-corrected chi connectivity index (χ3v) is 6.46. The highest BCUT2D eigenvalue weighted by molar-refractivity contribution is 5.72. The molecule has 1 N–H and O–H groups in total. The summed E-state index contributed by atoms with van der Waals surface area (Å²) in [5.74, 6) is -0.350. The molecule has 34 heavy (non-hydrogen) atoms. The first-order valence-electron chi connectivity index (χ1n) is 11.8. The third kappa shape index (κ3) is 5.04. The average Bonchev–Trinajstić information content (AvgIpc) is 2.86. The number of ether oxygens (including phenoxy) is 1. The van der Waals surface area contributed by atoms with Gasteiger partial charge in [-0.3, -0.25) is 19.5 Å². The van der Waals surface area contributed by atoms with E-state index in [1.165, 1.54) is 0 Å². The average molecular weight is 462 g/mol. The Labute approximate surface area is 199 Å². The van der Waals surface area contributed by atoms with E-state index in [1.54, 1.807) is 16.8 Å². The maximum atomic E-state index is 13.8. The van der Waals surface area contributed by atoms with Gasteiger partial charge in [0.2, 0.25) is 0 Å². The van der Waals surface area contributed by atoms with E-state index in [0.717, 1.165) is 5.56 Å². The van der Waals surface area contributed by atoms with Crippen molar-refractivity contribution in [1.82, 2.24) is 14.5 Å². The molecule has 4 rings (SSSR count). The van der Waals surface area contributed by atoms with Gasteiger partial charge in [0.05, 0.1) is 36.4 Å². The largest absolute Gasteiger partial charge is 0.507 e. The quantitative estimate of drug-likeness (QED) is 0.541. The molecule has 1 saturated heterocycles. The van der Waals surface area contributed by atoms with Crippen LogP contribution in [0.3, 0.4) is 0 Å². The number of piperidine rings is 1. The molecule has 3 heterocycles. The first kappa shape index (κ1) is 23.7. The van der Waals surface area contributed by atoms with Crippen LogP contribution in [0.15, 0.2) is 65.6 Å². The summed E-state index contributed by atoms with van der Waals surface area (Å²) in [6, 6.07) is 16.5. The first-order chi connectivity index (χ1) is 16.5. The van der Waals surface area contributed by atoms with Crippen molar-refractivity contribution in [3.63, 3.8) is 0 Å². The number of nitrogens with zero attached hydrogens (tertiary/aromatic N) is 3. The molecular weight excluding hydrogens is 430 g/mol.